The van der Waals surface area contributed by atoms with Gasteiger partial charge in [-0.1, -0.05) is 0 Å². The minimum absolute atomic E-state index is 0.0598. The van der Waals surface area contributed by atoms with Crippen molar-refractivity contribution in [2.75, 3.05) is 23.1 Å². The number of carboxylic acid groups (broad SMARTS) is 1. The van der Waals surface area contributed by atoms with Gasteiger partial charge in [0.05, 0.1) is 30.5 Å². The van der Waals surface area contributed by atoms with E-state index < -0.39 is 18.0 Å². The Hall–Kier alpha value is -3.40. The number of esters is 1. The van der Waals surface area contributed by atoms with Gasteiger partial charge >= 0.3 is 5.97 Å². The number of methoxy groups -OCH3 is 1. The maximum absolute atomic E-state index is 12.5. The van der Waals surface area contributed by atoms with Crippen molar-refractivity contribution >= 4 is 51.5 Å². The van der Waals surface area contributed by atoms with Gasteiger partial charge in [0, 0.05) is 11.8 Å². The topological polar surface area (TPSA) is 134 Å². The summed E-state index contributed by atoms with van der Waals surface area (Å²) in [5.74, 6) is -1.97. The molecule has 2 aromatic rings. The molecule has 1 unspecified atom stereocenters. The van der Waals surface area contributed by atoms with E-state index in [4.69, 9.17) is 14.6 Å². The molecule has 1 aliphatic rings. The summed E-state index contributed by atoms with van der Waals surface area (Å²) in [5, 5.41) is 16.5. The number of ether oxygens (including phenoxy) is 1. The first-order chi connectivity index (χ1) is 14.5. The second-order valence-corrected chi connectivity index (χ2v) is 8.29. The van der Waals surface area contributed by atoms with Crippen LogP contribution in [0.25, 0.3) is 0 Å². The van der Waals surface area contributed by atoms with Crippen LogP contribution in [0.3, 0.4) is 0 Å². The van der Waals surface area contributed by atoms with E-state index in [1.807, 2.05) is 32.9 Å². The molecule has 1 aliphatic heterocycles. The molecule has 2 amide bonds. The number of aliphatic carboxylic acids is 1. The normalized spacial score (nSPS) is 14.2. The highest BCUT2D eigenvalue weighted by molar-refractivity contribution is 7.16. The number of fused-ring (bicyclic) bond motifs is 1. The van der Waals surface area contributed by atoms with E-state index in [2.05, 4.69) is 16.0 Å². The predicted molar refractivity (Wildman–Crippen MR) is 119 cm³/mol. The average Bonchev–Trinajstić information content (AvgIpc) is 3.03. The fourth-order valence-electron chi connectivity index (χ4n) is 2.89. The molecule has 0 radical (unpaired) electrons. The monoisotopic (exact) mass is 447 g/mol. The van der Waals surface area contributed by atoms with Crippen molar-refractivity contribution in [3.8, 4) is 0 Å². The number of thiophene rings is 1. The zero-order valence-corrected chi connectivity index (χ0v) is 18.7. The summed E-state index contributed by atoms with van der Waals surface area (Å²) in [4.78, 5) is 46.5. The second-order valence-electron chi connectivity index (χ2n) is 7.03. The van der Waals surface area contributed by atoms with Crippen LogP contribution >= 0.6 is 11.3 Å². The first kappa shape index (κ1) is 23.9. The maximum Gasteiger partial charge on any atom is 0.340 e. The zero-order valence-electron chi connectivity index (χ0n) is 17.9. The molecule has 31 heavy (non-hydrogen) atoms. The lowest BCUT2D eigenvalue weighted by atomic mass is 10.0. The van der Waals surface area contributed by atoms with E-state index in [9.17, 15) is 14.4 Å². The van der Waals surface area contributed by atoms with Gasteiger partial charge < -0.3 is 25.8 Å². The van der Waals surface area contributed by atoms with Crippen molar-refractivity contribution in [3.63, 3.8) is 0 Å². The molecule has 0 aliphatic carbocycles. The molecule has 2 heterocycles. The minimum Gasteiger partial charge on any atom is -0.481 e. The standard InChI is InChI=1S/C19H21N3O4S.C2H4O2/c1-9-5-13-14(6-10(9)2)21-17(24)15(20-13)8-16(23)22-18-12(19(25)26-4)7-11(3)27-18;1-2(3)4/h5-7,15,20H,8H2,1-4H3,(H,21,24)(H,22,23);1H3,(H,3,4). The molecule has 1 aromatic heterocycles. The molecule has 0 spiro atoms. The van der Waals surface area contributed by atoms with Gasteiger partial charge in [0.15, 0.2) is 0 Å². The molecule has 1 atom stereocenters. The highest BCUT2D eigenvalue weighted by Crippen LogP contribution is 2.31. The molecular formula is C21H25N3O6S. The van der Waals surface area contributed by atoms with Gasteiger partial charge in [-0.15, -0.1) is 11.3 Å². The average molecular weight is 448 g/mol. The molecule has 166 valence electrons. The molecular weight excluding hydrogens is 422 g/mol. The Morgan fingerprint density at radius 1 is 1.13 bits per heavy atom. The Kier molecular flexibility index (Phi) is 7.76. The molecule has 0 saturated carbocycles. The number of hydrogen-bond acceptors (Lipinski definition) is 7. The van der Waals surface area contributed by atoms with Crippen LogP contribution in [0.2, 0.25) is 0 Å². The van der Waals surface area contributed by atoms with Crippen molar-refractivity contribution in [1.82, 2.24) is 0 Å². The maximum atomic E-state index is 12.5. The van der Waals surface area contributed by atoms with Gasteiger partial charge in [0.25, 0.3) is 5.97 Å². The van der Waals surface area contributed by atoms with Crippen LogP contribution in [-0.2, 0) is 19.1 Å². The van der Waals surface area contributed by atoms with Gasteiger partial charge in [-0.25, -0.2) is 4.79 Å². The fraction of sp³-hybridized carbons (Fsp3) is 0.333. The van der Waals surface area contributed by atoms with Gasteiger partial charge in [-0.05, 0) is 50.1 Å². The van der Waals surface area contributed by atoms with Crippen LogP contribution in [0.1, 0.15) is 39.7 Å². The fourth-order valence-corrected chi connectivity index (χ4v) is 3.80. The quantitative estimate of drug-likeness (QED) is 0.528. The number of amides is 2. The van der Waals surface area contributed by atoms with E-state index >= 15 is 0 Å². The zero-order chi connectivity index (χ0) is 23.3. The summed E-state index contributed by atoms with van der Waals surface area (Å²) >= 11 is 1.29. The number of anilines is 3. The highest BCUT2D eigenvalue weighted by atomic mass is 32.1. The van der Waals surface area contributed by atoms with Crippen molar-refractivity contribution in [2.24, 2.45) is 0 Å². The number of carboxylic acids is 1. The number of carbonyl (C=O) groups is 4. The Labute approximate surface area is 183 Å². The molecule has 0 saturated heterocycles. The predicted octanol–water partition coefficient (Wildman–Crippen LogP) is 3.31. The number of rotatable bonds is 4. The number of carbonyl (C=O) groups excluding carboxylic acids is 3. The van der Waals surface area contributed by atoms with Crippen LogP contribution in [-0.4, -0.2) is 42.0 Å². The number of nitrogens with one attached hydrogen (secondary N) is 3. The van der Waals surface area contributed by atoms with Gasteiger partial charge in [-0.2, -0.15) is 0 Å². The molecule has 3 rings (SSSR count). The Morgan fingerprint density at radius 2 is 1.71 bits per heavy atom. The molecule has 0 bridgehead atoms. The SMILES string of the molecule is CC(=O)O.COC(=O)c1cc(C)sc1NC(=O)CC1Nc2cc(C)c(C)cc2NC1=O. The van der Waals surface area contributed by atoms with E-state index in [0.29, 0.717) is 16.3 Å². The third-order valence-corrected chi connectivity index (χ3v) is 5.41. The molecule has 10 heteroatoms. The lowest BCUT2D eigenvalue weighted by Crippen LogP contribution is -2.41. The number of aryl methyl sites for hydroxylation is 3. The molecule has 4 N–H and O–H groups in total. The highest BCUT2D eigenvalue weighted by Gasteiger charge is 2.28. The second kappa shape index (κ2) is 10.1. The van der Waals surface area contributed by atoms with Crippen LogP contribution in [0.15, 0.2) is 18.2 Å². The number of hydrogen-bond donors (Lipinski definition) is 4. The van der Waals surface area contributed by atoms with Crippen LogP contribution in [0.4, 0.5) is 16.4 Å². The van der Waals surface area contributed by atoms with Crippen LogP contribution < -0.4 is 16.0 Å². The van der Waals surface area contributed by atoms with E-state index in [0.717, 1.165) is 28.6 Å². The van der Waals surface area contributed by atoms with Gasteiger partial charge in [0.2, 0.25) is 11.8 Å². The van der Waals surface area contributed by atoms with Crippen LogP contribution in [0.5, 0.6) is 0 Å². The van der Waals surface area contributed by atoms with Crippen molar-refractivity contribution in [3.05, 3.63) is 39.8 Å². The molecule has 9 nitrogen and oxygen atoms in total. The van der Waals surface area contributed by atoms with Crippen LogP contribution in [0, 0.1) is 20.8 Å². The Balaban J connectivity index is 0.000000785. The molecule has 0 fully saturated rings. The summed E-state index contributed by atoms with van der Waals surface area (Å²) in [6, 6.07) is 4.83. The van der Waals surface area contributed by atoms with Gasteiger partial charge in [0.1, 0.15) is 11.0 Å². The Bertz CT molecular complexity index is 1030. The summed E-state index contributed by atoms with van der Waals surface area (Å²) in [7, 11) is 1.29. The minimum atomic E-state index is -0.833. The smallest absolute Gasteiger partial charge is 0.340 e. The first-order valence-electron chi connectivity index (χ1n) is 9.38. The van der Waals surface area contributed by atoms with E-state index in [1.54, 1.807) is 6.07 Å². The summed E-state index contributed by atoms with van der Waals surface area (Å²) in [6.45, 7) is 6.89. The van der Waals surface area contributed by atoms with Crippen molar-refractivity contribution in [2.45, 2.75) is 40.2 Å². The lowest BCUT2D eigenvalue weighted by Gasteiger charge is -2.27. The summed E-state index contributed by atoms with van der Waals surface area (Å²) < 4.78 is 4.74. The number of benzene rings is 1. The lowest BCUT2D eigenvalue weighted by molar-refractivity contribution is -0.134. The molecule has 1 aromatic carbocycles. The largest absolute Gasteiger partial charge is 0.481 e. The van der Waals surface area contributed by atoms with Crippen molar-refractivity contribution in [1.29, 1.82) is 0 Å². The first-order valence-corrected chi connectivity index (χ1v) is 10.2. The van der Waals surface area contributed by atoms with E-state index in [1.165, 1.54) is 18.4 Å². The third-order valence-electron chi connectivity index (χ3n) is 4.44. The summed E-state index contributed by atoms with van der Waals surface area (Å²) in [5.41, 5.74) is 3.98. The Morgan fingerprint density at radius 3 is 2.29 bits per heavy atom. The van der Waals surface area contributed by atoms with Gasteiger partial charge in [-0.3, -0.25) is 14.4 Å². The third kappa shape index (κ3) is 6.29. The summed E-state index contributed by atoms with van der Waals surface area (Å²) in [6.07, 6.45) is -0.0598. The van der Waals surface area contributed by atoms with Crippen molar-refractivity contribution < 1.29 is 29.0 Å². The van der Waals surface area contributed by atoms with E-state index in [-0.39, 0.29) is 18.2 Å².